The van der Waals surface area contributed by atoms with Crippen LogP contribution in [0.25, 0.3) is 0 Å². The maximum Gasteiger partial charge on any atom is 0.225 e. The molecule has 11 heteroatoms. The van der Waals surface area contributed by atoms with Crippen LogP contribution in [0.4, 0.5) is 10.3 Å². The maximum absolute atomic E-state index is 13.6. The molecule has 0 bridgehead atoms. The Balaban J connectivity index is 1.57. The van der Waals surface area contributed by atoms with Crippen molar-refractivity contribution in [1.82, 2.24) is 14.9 Å². The number of hydrogen-bond donors (Lipinski definition) is 0. The summed E-state index contributed by atoms with van der Waals surface area (Å²) in [6.45, 7) is 3.65. The molecule has 1 aromatic carbocycles. The van der Waals surface area contributed by atoms with Crippen LogP contribution in [-0.2, 0) is 19.7 Å². The van der Waals surface area contributed by atoms with Crippen molar-refractivity contribution in [3.8, 4) is 0 Å². The summed E-state index contributed by atoms with van der Waals surface area (Å²) in [4.78, 5) is 12.4. The molecule has 0 unspecified atom stereocenters. The predicted octanol–water partition coefficient (Wildman–Crippen LogP) is 0.686. The number of aryl methyl sites for hydroxylation is 1. The number of rotatable bonds is 4. The molecular formula is C19H23FN4O4S2. The molecule has 0 aliphatic carbocycles. The summed E-state index contributed by atoms with van der Waals surface area (Å²) >= 11 is 0. The van der Waals surface area contributed by atoms with E-state index in [9.17, 15) is 21.2 Å². The highest BCUT2D eigenvalue weighted by Gasteiger charge is 2.48. The van der Waals surface area contributed by atoms with Crippen molar-refractivity contribution in [2.45, 2.75) is 23.1 Å². The SMILES string of the molecule is Cc1cc(S(=O)(=O)[C@@H]2CS(=O)(=O)C[C@H]2N2CCN(c3ncccn3)CC2)ccc1F. The van der Waals surface area contributed by atoms with Gasteiger partial charge in [-0.25, -0.2) is 31.2 Å². The zero-order valence-electron chi connectivity index (χ0n) is 16.5. The van der Waals surface area contributed by atoms with E-state index < -0.39 is 42.5 Å². The lowest BCUT2D eigenvalue weighted by Crippen LogP contribution is -2.55. The number of hydrogen-bond acceptors (Lipinski definition) is 8. The summed E-state index contributed by atoms with van der Waals surface area (Å²) in [5.74, 6) is -0.511. The first-order valence-corrected chi connectivity index (χ1v) is 13.0. The van der Waals surface area contributed by atoms with Crippen LogP contribution >= 0.6 is 0 Å². The second-order valence-corrected chi connectivity index (χ2v) is 12.0. The Bertz CT molecular complexity index is 1130. The van der Waals surface area contributed by atoms with Gasteiger partial charge in [0, 0.05) is 44.6 Å². The first kappa shape index (κ1) is 21.1. The topological polar surface area (TPSA) is 101 Å². The molecule has 0 saturated carbocycles. The van der Waals surface area contributed by atoms with Crippen molar-refractivity contribution in [2.24, 2.45) is 0 Å². The molecule has 4 rings (SSSR count). The lowest BCUT2D eigenvalue weighted by molar-refractivity contribution is 0.201. The Labute approximate surface area is 175 Å². The molecule has 3 heterocycles. The first-order chi connectivity index (χ1) is 14.2. The minimum Gasteiger partial charge on any atom is -0.338 e. The van der Waals surface area contributed by atoms with Crippen molar-refractivity contribution in [3.63, 3.8) is 0 Å². The van der Waals surface area contributed by atoms with Gasteiger partial charge >= 0.3 is 0 Å². The van der Waals surface area contributed by atoms with E-state index in [2.05, 4.69) is 9.97 Å². The minimum absolute atomic E-state index is 0.0372. The van der Waals surface area contributed by atoms with Gasteiger partial charge in [0.2, 0.25) is 5.95 Å². The van der Waals surface area contributed by atoms with E-state index in [1.807, 2.05) is 9.80 Å². The number of sulfone groups is 2. The average molecular weight is 455 g/mol. The minimum atomic E-state index is -3.94. The number of piperazine rings is 1. The standard InChI is InChI=1S/C19H23FN4O4S2/c1-14-11-15(3-4-16(14)20)30(27,28)18-13-29(25,26)12-17(18)23-7-9-24(10-8-23)19-21-5-2-6-22-19/h2-6,11,17-18H,7-10,12-13H2,1H3/t17-,18-/m1/s1. The van der Waals surface area contributed by atoms with E-state index in [1.54, 1.807) is 18.5 Å². The van der Waals surface area contributed by atoms with Crippen molar-refractivity contribution in [1.29, 1.82) is 0 Å². The van der Waals surface area contributed by atoms with Crippen LogP contribution in [0.15, 0.2) is 41.6 Å². The monoisotopic (exact) mass is 454 g/mol. The van der Waals surface area contributed by atoms with Gasteiger partial charge in [-0.3, -0.25) is 4.90 Å². The normalized spacial score (nSPS) is 24.8. The zero-order valence-corrected chi connectivity index (χ0v) is 18.1. The smallest absolute Gasteiger partial charge is 0.225 e. The molecule has 0 radical (unpaired) electrons. The Kier molecular flexibility index (Phi) is 5.54. The quantitative estimate of drug-likeness (QED) is 0.622. The third-order valence-electron chi connectivity index (χ3n) is 5.75. The Morgan fingerprint density at radius 3 is 2.37 bits per heavy atom. The molecule has 0 amide bonds. The maximum atomic E-state index is 13.6. The third-order valence-corrected chi connectivity index (χ3v) is 9.86. The second-order valence-electron chi connectivity index (χ2n) is 7.71. The van der Waals surface area contributed by atoms with Gasteiger partial charge in [-0.2, -0.15) is 0 Å². The van der Waals surface area contributed by atoms with E-state index in [4.69, 9.17) is 0 Å². The van der Waals surface area contributed by atoms with E-state index in [0.717, 1.165) is 6.07 Å². The molecule has 0 spiro atoms. The van der Waals surface area contributed by atoms with Gasteiger partial charge in [-0.15, -0.1) is 0 Å². The van der Waals surface area contributed by atoms with Crippen molar-refractivity contribution in [2.75, 3.05) is 42.6 Å². The Morgan fingerprint density at radius 1 is 1.07 bits per heavy atom. The fraction of sp³-hybridized carbons (Fsp3) is 0.474. The fourth-order valence-corrected chi connectivity index (χ4v) is 9.02. The highest BCUT2D eigenvalue weighted by molar-refractivity contribution is 7.96. The molecule has 2 atom stereocenters. The largest absolute Gasteiger partial charge is 0.338 e. The molecule has 2 aliphatic rings. The predicted molar refractivity (Wildman–Crippen MR) is 110 cm³/mol. The lowest BCUT2D eigenvalue weighted by Gasteiger charge is -2.39. The third kappa shape index (κ3) is 4.06. The fourth-order valence-electron chi connectivity index (χ4n) is 4.11. The van der Waals surface area contributed by atoms with Gasteiger partial charge in [0.25, 0.3) is 0 Å². The Hall–Kier alpha value is -2.11. The van der Waals surface area contributed by atoms with Crippen LogP contribution in [0.3, 0.4) is 0 Å². The average Bonchev–Trinajstić information content (AvgIpc) is 3.07. The number of nitrogens with zero attached hydrogens (tertiary/aromatic N) is 4. The highest BCUT2D eigenvalue weighted by atomic mass is 32.2. The van der Waals surface area contributed by atoms with E-state index in [1.165, 1.54) is 19.1 Å². The van der Waals surface area contributed by atoms with Crippen molar-refractivity contribution < 1.29 is 21.2 Å². The molecule has 162 valence electrons. The van der Waals surface area contributed by atoms with Crippen molar-refractivity contribution >= 4 is 25.6 Å². The van der Waals surface area contributed by atoms with Gasteiger partial charge in [0.1, 0.15) is 5.82 Å². The van der Waals surface area contributed by atoms with Crippen LogP contribution in [0.2, 0.25) is 0 Å². The van der Waals surface area contributed by atoms with Crippen LogP contribution < -0.4 is 4.90 Å². The summed E-state index contributed by atoms with van der Waals surface area (Å²) in [6.07, 6.45) is 3.32. The first-order valence-electron chi connectivity index (χ1n) is 9.64. The van der Waals surface area contributed by atoms with Gasteiger partial charge in [0.15, 0.2) is 19.7 Å². The van der Waals surface area contributed by atoms with Gasteiger partial charge < -0.3 is 4.90 Å². The van der Waals surface area contributed by atoms with Crippen LogP contribution in [0.5, 0.6) is 0 Å². The number of aromatic nitrogens is 2. The second kappa shape index (κ2) is 7.86. The molecule has 30 heavy (non-hydrogen) atoms. The molecule has 1 aromatic heterocycles. The Morgan fingerprint density at radius 2 is 1.73 bits per heavy atom. The molecule has 2 saturated heterocycles. The van der Waals surface area contributed by atoms with Crippen LogP contribution in [0, 0.1) is 12.7 Å². The number of benzene rings is 1. The van der Waals surface area contributed by atoms with Gasteiger partial charge in [-0.05, 0) is 36.8 Å². The lowest BCUT2D eigenvalue weighted by atomic mass is 10.2. The number of anilines is 1. The number of halogens is 1. The van der Waals surface area contributed by atoms with E-state index >= 15 is 0 Å². The summed E-state index contributed by atoms with van der Waals surface area (Å²) < 4.78 is 65.0. The molecule has 8 nitrogen and oxygen atoms in total. The molecule has 0 N–H and O–H groups in total. The van der Waals surface area contributed by atoms with Crippen LogP contribution in [0.1, 0.15) is 5.56 Å². The zero-order chi connectivity index (χ0) is 21.5. The molecule has 2 aromatic rings. The summed E-state index contributed by atoms with van der Waals surface area (Å²) in [5.41, 5.74) is 0.213. The van der Waals surface area contributed by atoms with E-state index in [0.29, 0.717) is 32.1 Å². The van der Waals surface area contributed by atoms with Gasteiger partial charge in [0.05, 0.1) is 21.7 Å². The van der Waals surface area contributed by atoms with E-state index in [-0.39, 0.29) is 16.2 Å². The molecular weight excluding hydrogens is 431 g/mol. The van der Waals surface area contributed by atoms with Crippen molar-refractivity contribution in [3.05, 3.63) is 48.0 Å². The molecule has 2 aliphatic heterocycles. The molecule has 2 fully saturated rings. The summed E-state index contributed by atoms with van der Waals surface area (Å²) in [6, 6.07) is 4.70. The summed E-state index contributed by atoms with van der Waals surface area (Å²) in [7, 11) is -7.44. The van der Waals surface area contributed by atoms with Gasteiger partial charge in [-0.1, -0.05) is 0 Å². The highest BCUT2D eigenvalue weighted by Crippen LogP contribution is 2.30. The summed E-state index contributed by atoms with van der Waals surface area (Å²) in [5, 5.41) is -1.08. The van der Waals surface area contributed by atoms with Crippen LogP contribution in [-0.4, -0.2) is 80.7 Å².